The number of thioether (sulfide) groups is 1. The molecule has 0 amide bonds. The van der Waals surface area contributed by atoms with Crippen LogP contribution in [0.1, 0.15) is 5.56 Å². The number of fused-ring (bicyclic) bond motifs is 1. The molecule has 0 N–H and O–H groups in total. The largest absolute Gasteiger partial charge is 0.497 e. The highest BCUT2D eigenvalue weighted by atomic mass is 79.9. The molecule has 4 rings (SSSR count). The lowest BCUT2D eigenvalue weighted by Gasteiger charge is -2.12. The molecule has 158 valence electrons. The Labute approximate surface area is 190 Å². The summed E-state index contributed by atoms with van der Waals surface area (Å²) in [6, 6.07) is 15.3. The zero-order valence-electron chi connectivity index (χ0n) is 17.1. The van der Waals surface area contributed by atoms with Crippen LogP contribution in [0.15, 0.2) is 67.6 Å². The van der Waals surface area contributed by atoms with Gasteiger partial charge in [0.1, 0.15) is 16.2 Å². The fraction of sp³-hybridized carbons (Fsp3) is 0.182. The summed E-state index contributed by atoms with van der Waals surface area (Å²) in [7, 11) is 4.67. The van der Waals surface area contributed by atoms with E-state index in [1.165, 1.54) is 23.4 Å². The van der Waals surface area contributed by atoms with Crippen molar-refractivity contribution in [2.45, 2.75) is 10.8 Å². The minimum absolute atomic E-state index is 0.312. The molecule has 4 aromatic rings. The Bertz CT molecular complexity index is 1380. The lowest BCUT2D eigenvalue weighted by atomic mass is 10.2. The van der Waals surface area contributed by atoms with Crippen LogP contribution >= 0.6 is 27.7 Å². The number of hydrogen-bond donors (Lipinski definition) is 0. The monoisotopic (exact) mass is 498 g/mol. The quantitative estimate of drug-likeness (QED) is 0.308. The first-order valence-electron chi connectivity index (χ1n) is 9.38. The minimum Gasteiger partial charge on any atom is -0.497 e. The van der Waals surface area contributed by atoms with E-state index in [2.05, 4.69) is 20.9 Å². The molecule has 0 spiro atoms. The van der Waals surface area contributed by atoms with E-state index in [0.29, 0.717) is 27.6 Å². The number of aryl methyl sites for hydroxylation is 1. The molecule has 0 saturated heterocycles. The standard InChI is InChI=1S/C22H19BrN4O3S/c1-26-19-17(21(28)27(2)22(26)29)20(31-12-13-4-8-15(23)9-5-13)25-18(24-19)14-6-10-16(30-3)11-7-14/h4-11H,12H2,1-3H3. The van der Waals surface area contributed by atoms with E-state index in [0.717, 1.165) is 25.9 Å². The summed E-state index contributed by atoms with van der Waals surface area (Å²) in [5, 5.41) is 0.874. The fourth-order valence-electron chi connectivity index (χ4n) is 3.13. The smallest absolute Gasteiger partial charge is 0.332 e. The highest BCUT2D eigenvalue weighted by molar-refractivity contribution is 9.10. The molecule has 0 aliphatic heterocycles. The molecule has 0 bridgehead atoms. The Hall–Kier alpha value is -2.91. The maximum atomic E-state index is 12.9. The number of methoxy groups -OCH3 is 1. The zero-order chi connectivity index (χ0) is 22.1. The van der Waals surface area contributed by atoms with Gasteiger partial charge >= 0.3 is 5.69 Å². The number of rotatable bonds is 5. The van der Waals surface area contributed by atoms with Crippen molar-refractivity contribution in [3.05, 3.63) is 79.4 Å². The van der Waals surface area contributed by atoms with Gasteiger partial charge in [-0.1, -0.05) is 28.1 Å². The lowest BCUT2D eigenvalue weighted by Crippen LogP contribution is -2.37. The molecule has 31 heavy (non-hydrogen) atoms. The van der Waals surface area contributed by atoms with Crippen LogP contribution < -0.4 is 16.0 Å². The molecule has 0 aliphatic carbocycles. The maximum absolute atomic E-state index is 12.9. The molecule has 0 fully saturated rings. The van der Waals surface area contributed by atoms with E-state index in [1.807, 2.05) is 48.5 Å². The average Bonchev–Trinajstić information content (AvgIpc) is 2.80. The van der Waals surface area contributed by atoms with Gasteiger partial charge in [-0.05, 0) is 42.0 Å². The maximum Gasteiger partial charge on any atom is 0.332 e. The van der Waals surface area contributed by atoms with E-state index in [9.17, 15) is 9.59 Å². The van der Waals surface area contributed by atoms with Gasteiger partial charge in [0.25, 0.3) is 5.56 Å². The van der Waals surface area contributed by atoms with Gasteiger partial charge in [-0.25, -0.2) is 14.8 Å². The van der Waals surface area contributed by atoms with Crippen LogP contribution in [0.3, 0.4) is 0 Å². The number of hydrogen-bond acceptors (Lipinski definition) is 6. The Morgan fingerprint density at radius 1 is 0.968 bits per heavy atom. The Morgan fingerprint density at radius 2 is 1.65 bits per heavy atom. The number of nitrogens with zero attached hydrogens (tertiary/aromatic N) is 4. The van der Waals surface area contributed by atoms with Gasteiger partial charge in [-0.2, -0.15) is 0 Å². The van der Waals surface area contributed by atoms with Crippen molar-refractivity contribution < 1.29 is 4.74 Å². The Kier molecular flexibility index (Phi) is 5.97. The Balaban J connectivity index is 1.89. The molecule has 7 nitrogen and oxygen atoms in total. The number of benzene rings is 2. The Morgan fingerprint density at radius 3 is 2.29 bits per heavy atom. The molecular weight excluding hydrogens is 480 g/mol. The highest BCUT2D eigenvalue weighted by Crippen LogP contribution is 2.29. The predicted octanol–water partition coefficient (Wildman–Crippen LogP) is 3.76. The second kappa shape index (κ2) is 8.68. The first kappa shape index (κ1) is 21.3. The van der Waals surface area contributed by atoms with E-state index in [1.54, 1.807) is 14.2 Å². The third-order valence-corrected chi connectivity index (χ3v) is 6.48. The molecule has 0 radical (unpaired) electrons. The van der Waals surface area contributed by atoms with Crippen molar-refractivity contribution in [1.29, 1.82) is 0 Å². The normalized spacial score (nSPS) is 11.1. The van der Waals surface area contributed by atoms with Crippen molar-refractivity contribution >= 4 is 38.7 Å². The van der Waals surface area contributed by atoms with Gasteiger partial charge in [0, 0.05) is 29.9 Å². The number of halogens is 1. The van der Waals surface area contributed by atoms with Crippen LogP contribution in [0.4, 0.5) is 0 Å². The molecule has 9 heteroatoms. The van der Waals surface area contributed by atoms with Gasteiger partial charge in [-0.3, -0.25) is 13.9 Å². The third-order valence-electron chi connectivity index (χ3n) is 4.90. The SMILES string of the molecule is COc1ccc(-c2nc(SCc3ccc(Br)cc3)c3c(=O)n(C)c(=O)n(C)c3n2)cc1. The van der Waals surface area contributed by atoms with Gasteiger partial charge in [-0.15, -0.1) is 11.8 Å². The summed E-state index contributed by atoms with van der Waals surface area (Å²) in [5.41, 5.74) is 1.33. The van der Waals surface area contributed by atoms with Crippen LogP contribution in [0.5, 0.6) is 5.75 Å². The average molecular weight is 499 g/mol. The van der Waals surface area contributed by atoms with Crippen LogP contribution in [0.25, 0.3) is 22.4 Å². The second-order valence-corrected chi connectivity index (χ2v) is 8.78. The molecule has 2 aromatic carbocycles. The summed E-state index contributed by atoms with van der Waals surface area (Å²) in [6.45, 7) is 0. The molecule has 0 saturated carbocycles. The molecule has 2 aromatic heterocycles. The van der Waals surface area contributed by atoms with Crippen molar-refractivity contribution in [1.82, 2.24) is 19.1 Å². The first-order chi connectivity index (χ1) is 14.9. The summed E-state index contributed by atoms with van der Waals surface area (Å²) < 4.78 is 8.69. The first-order valence-corrected chi connectivity index (χ1v) is 11.2. The molecule has 0 aliphatic rings. The number of ether oxygens (including phenoxy) is 1. The topological polar surface area (TPSA) is 79.0 Å². The van der Waals surface area contributed by atoms with Crippen molar-refractivity contribution in [2.75, 3.05) is 7.11 Å². The number of aromatic nitrogens is 4. The summed E-state index contributed by atoms with van der Waals surface area (Å²) in [5.74, 6) is 1.78. The lowest BCUT2D eigenvalue weighted by molar-refractivity contribution is 0.415. The highest BCUT2D eigenvalue weighted by Gasteiger charge is 2.18. The van der Waals surface area contributed by atoms with E-state index in [-0.39, 0.29) is 0 Å². The summed E-state index contributed by atoms with van der Waals surface area (Å²) >= 11 is 4.88. The van der Waals surface area contributed by atoms with E-state index in [4.69, 9.17) is 9.72 Å². The van der Waals surface area contributed by atoms with E-state index >= 15 is 0 Å². The van der Waals surface area contributed by atoms with Crippen LogP contribution in [-0.2, 0) is 19.8 Å². The molecule has 2 heterocycles. The van der Waals surface area contributed by atoms with Gasteiger partial charge < -0.3 is 4.74 Å². The molecule has 0 unspecified atom stereocenters. The van der Waals surface area contributed by atoms with Crippen molar-refractivity contribution in [3.8, 4) is 17.1 Å². The van der Waals surface area contributed by atoms with Crippen LogP contribution in [0.2, 0.25) is 0 Å². The third kappa shape index (κ3) is 4.15. The second-order valence-electron chi connectivity index (χ2n) is 6.90. The van der Waals surface area contributed by atoms with Crippen LogP contribution in [0, 0.1) is 0 Å². The van der Waals surface area contributed by atoms with Gasteiger partial charge in [0.05, 0.1) is 7.11 Å². The van der Waals surface area contributed by atoms with Crippen molar-refractivity contribution in [2.24, 2.45) is 14.1 Å². The molecule has 0 atom stereocenters. The zero-order valence-corrected chi connectivity index (χ0v) is 19.5. The molecular formula is C22H19BrN4O3S. The minimum atomic E-state index is -0.430. The summed E-state index contributed by atoms with van der Waals surface area (Å²) in [4.78, 5) is 34.7. The van der Waals surface area contributed by atoms with Crippen molar-refractivity contribution in [3.63, 3.8) is 0 Å². The summed E-state index contributed by atoms with van der Waals surface area (Å²) in [6.07, 6.45) is 0. The van der Waals surface area contributed by atoms with E-state index < -0.39 is 11.2 Å². The van der Waals surface area contributed by atoms with Crippen LogP contribution in [-0.4, -0.2) is 26.2 Å². The van der Waals surface area contributed by atoms with Gasteiger partial charge in [0.2, 0.25) is 0 Å². The fourth-order valence-corrected chi connectivity index (χ4v) is 4.37. The van der Waals surface area contributed by atoms with Gasteiger partial charge in [0.15, 0.2) is 11.5 Å². The predicted molar refractivity (Wildman–Crippen MR) is 126 cm³/mol.